The number of sulfonamides is 1. The van der Waals surface area contributed by atoms with E-state index in [0.717, 1.165) is 5.56 Å². The van der Waals surface area contributed by atoms with Crippen molar-refractivity contribution in [3.05, 3.63) is 58.6 Å². The highest BCUT2D eigenvalue weighted by molar-refractivity contribution is 7.92. The number of benzene rings is 2. The number of hydrogen-bond donors (Lipinski definition) is 1. The fraction of sp³-hybridized carbons (Fsp3) is 0.0714. The fourth-order valence-corrected chi connectivity index (χ4v) is 3.03. The molecule has 0 bridgehead atoms. The first-order chi connectivity index (χ1) is 9.42. The second-order valence-electron chi connectivity index (χ2n) is 4.22. The van der Waals surface area contributed by atoms with Crippen LogP contribution in [0.25, 0.3) is 0 Å². The van der Waals surface area contributed by atoms with Crippen molar-refractivity contribution in [2.24, 2.45) is 0 Å². The van der Waals surface area contributed by atoms with Gasteiger partial charge in [-0.05, 0) is 48.9 Å². The van der Waals surface area contributed by atoms with E-state index >= 15 is 0 Å². The lowest BCUT2D eigenvalue weighted by Crippen LogP contribution is -2.13. The predicted octanol–water partition coefficient (Wildman–Crippen LogP) is 3.32. The predicted molar refractivity (Wildman–Crippen MR) is 78.2 cm³/mol. The molecular formula is C14H11ClN2O2S. The summed E-state index contributed by atoms with van der Waals surface area (Å²) in [4.78, 5) is 0.0770. The molecule has 0 aliphatic heterocycles. The van der Waals surface area contributed by atoms with Gasteiger partial charge in [0, 0.05) is 0 Å². The summed E-state index contributed by atoms with van der Waals surface area (Å²) in [5, 5.41) is 9.03. The smallest absolute Gasteiger partial charge is 0.261 e. The summed E-state index contributed by atoms with van der Waals surface area (Å²) in [6.07, 6.45) is 0. The minimum Gasteiger partial charge on any atom is -0.278 e. The van der Waals surface area contributed by atoms with Crippen LogP contribution in [0.3, 0.4) is 0 Å². The van der Waals surface area contributed by atoms with E-state index in [1.807, 2.05) is 13.0 Å². The van der Waals surface area contributed by atoms with E-state index in [0.29, 0.717) is 16.3 Å². The highest BCUT2D eigenvalue weighted by Gasteiger charge is 2.15. The molecule has 0 aliphatic carbocycles. The van der Waals surface area contributed by atoms with Crippen molar-refractivity contribution in [1.29, 1.82) is 5.26 Å². The van der Waals surface area contributed by atoms with Crippen molar-refractivity contribution in [3.8, 4) is 6.07 Å². The third-order valence-electron chi connectivity index (χ3n) is 2.66. The maximum Gasteiger partial charge on any atom is 0.261 e. The summed E-state index contributed by atoms with van der Waals surface area (Å²) in [5.41, 5.74) is 1.66. The van der Waals surface area contributed by atoms with E-state index in [9.17, 15) is 8.42 Å². The molecule has 4 nitrogen and oxygen atoms in total. The lowest BCUT2D eigenvalue weighted by Gasteiger charge is -2.10. The Morgan fingerprint density at radius 1 is 1.15 bits per heavy atom. The number of rotatable bonds is 3. The van der Waals surface area contributed by atoms with Gasteiger partial charge < -0.3 is 0 Å². The Hall–Kier alpha value is -2.03. The van der Waals surface area contributed by atoms with E-state index in [4.69, 9.17) is 16.9 Å². The van der Waals surface area contributed by atoms with Crippen LogP contribution in [0.5, 0.6) is 0 Å². The molecule has 0 saturated heterocycles. The normalized spacial score (nSPS) is 10.8. The number of nitrogens with zero attached hydrogens (tertiary/aromatic N) is 1. The van der Waals surface area contributed by atoms with E-state index in [1.165, 1.54) is 24.3 Å². The van der Waals surface area contributed by atoms with E-state index in [1.54, 1.807) is 18.2 Å². The van der Waals surface area contributed by atoms with Crippen molar-refractivity contribution in [2.45, 2.75) is 11.8 Å². The van der Waals surface area contributed by atoms with Crippen molar-refractivity contribution in [2.75, 3.05) is 4.72 Å². The number of anilines is 1. The Morgan fingerprint density at radius 3 is 2.35 bits per heavy atom. The molecule has 2 rings (SSSR count). The molecule has 0 aromatic heterocycles. The number of halogens is 1. The summed E-state index contributed by atoms with van der Waals surface area (Å²) < 4.78 is 26.8. The topological polar surface area (TPSA) is 70.0 Å². The van der Waals surface area contributed by atoms with Crippen LogP contribution in [-0.2, 0) is 10.0 Å². The largest absolute Gasteiger partial charge is 0.278 e. The van der Waals surface area contributed by atoms with E-state index < -0.39 is 10.0 Å². The van der Waals surface area contributed by atoms with E-state index in [2.05, 4.69) is 4.72 Å². The molecule has 1 N–H and O–H groups in total. The second kappa shape index (κ2) is 5.53. The average Bonchev–Trinajstić information content (AvgIpc) is 2.42. The first kappa shape index (κ1) is 14.4. The lowest BCUT2D eigenvalue weighted by atomic mass is 10.2. The first-order valence-corrected chi connectivity index (χ1v) is 7.57. The second-order valence-corrected chi connectivity index (χ2v) is 6.31. The third-order valence-corrected chi connectivity index (χ3v) is 4.36. The minimum atomic E-state index is -3.72. The molecule has 0 heterocycles. The Morgan fingerprint density at radius 2 is 1.80 bits per heavy atom. The average molecular weight is 307 g/mol. The van der Waals surface area contributed by atoms with Crippen molar-refractivity contribution >= 4 is 27.3 Å². The first-order valence-electron chi connectivity index (χ1n) is 5.71. The van der Waals surface area contributed by atoms with Gasteiger partial charge in [-0.15, -0.1) is 0 Å². The molecule has 0 saturated carbocycles. The van der Waals surface area contributed by atoms with Crippen molar-refractivity contribution < 1.29 is 8.42 Å². The van der Waals surface area contributed by atoms with Gasteiger partial charge in [-0.2, -0.15) is 5.26 Å². The molecular weight excluding hydrogens is 296 g/mol. The number of aryl methyl sites for hydroxylation is 1. The van der Waals surface area contributed by atoms with Gasteiger partial charge >= 0.3 is 0 Å². The minimum absolute atomic E-state index is 0.0770. The lowest BCUT2D eigenvalue weighted by molar-refractivity contribution is 0.601. The van der Waals surface area contributed by atoms with Crippen molar-refractivity contribution in [1.82, 2.24) is 0 Å². The third kappa shape index (κ3) is 3.10. The Bertz CT molecular complexity index is 778. The number of hydrogen-bond acceptors (Lipinski definition) is 3. The summed E-state index contributed by atoms with van der Waals surface area (Å²) in [6, 6.07) is 12.6. The zero-order chi connectivity index (χ0) is 14.8. The quantitative estimate of drug-likeness (QED) is 0.945. The van der Waals surface area contributed by atoms with Gasteiger partial charge in [0.2, 0.25) is 0 Å². The van der Waals surface area contributed by atoms with Gasteiger partial charge in [-0.25, -0.2) is 8.42 Å². The van der Waals surface area contributed by atoms with Crippen LogP contribution < -0.4 is 4.72 Å². The van der Waals surface area contributed by atoms with Crippen LogP contribution in [0.4, 0.5) is 5.69 Å². The van der Waals surface area contributed by atoms with Crippen LogP contribution in [0, 0.1) is 18.3 Å². The zero-order valence-electron chi connectivity index (χ0n) is 10.6. The Kier molecular flexibility index (Phi) is 3.98. The molecule has 20 heavy (non-hydrogen) atoms. The maximum absolute atomic E-state index is 12.2. The molecule has 0 amide bonds. The standard InChI is InChI=1S/C14H11ClN2O2S/c1-10-2-7-14(13(15)8-10)17-20(18,19)12-5-3-11(9-16)4-6-12/h2-8,17H,1H3. The zero-order valence-corrected chi connectivity index (χ0v) is 12.2. The Labute approximate surface area is 122 Å². The van der Waals surface area contributed by atoms with Crippen LogP contribution in [0.2, 0.25) is 5.02 Å². The molecule has 0 atom stereocenters. The fourth-order valence-electron chi connectivity index (χ4n) is 1.62. The highest BCUT2D eigenvalue weighted by atomic mass is 35.5. The molecule has 2 aromatic carbocycles. The summed E-state index contributed by atoms with van der Waals surface area (Å²) in [5.74, 6) is 0. The molecule has 2 aromatic rings. The van der Waals surface area contributed by atoms with Crippen LogP contribution in [-0.4, -0.2) is 8.42 Å². The monoisotopic (exact) mass is 306 g/mol. The summed E-state index contributed by atoms with van der Waals surface area (Å²) >= 11 is 6.00. The van der Waals surface area contributed by atoms with Gasteiger partial charge in [0.25, 0.3) is 10.0 Å². The van der Waals surface area contributed by atoms with Crippen LogP contribution in [0.15, 0.2) is 47.4 Å². The van der Waals surface area contributed by atoms with Gasteiger partial charge in [-0.1, -0.05) is 17.7 Å². The molecule has 0 unspecified atom stereocenters. The molecule has 0 aliphatic rings. The van der Waals surface area contributed by atoms with Gasteiger partial charge in [0.1, 0.15) is 0 Å². The Balaban J connectivity index is 2.33. The summed E-state index contributed by atoms with van der Waals surface area (Å²) in [6.45, 7) is 1.87. The number of nitriles is 1. The molecule has 0 fully saturated rings. The number of nitrogens with one attached hydrogen (secondary N) is 1. The van der Waals surface area contributed by atoms with Crippen molar-refractivity contribution in [3.63, 3.8) is 0 Å². The molecule has 102 valence electrons. The summed E-state index contributed by atoms with van der Waals surface area (Å²) in [7, 11) is -3.72. The van der Waals surface area contributed by atoms with Crippen LogP contribution in [0.1, 0.15) is 11.1 Å². The van der Waals surface area contributed by atoms with Gasteiger partial charge in [-0.3, -0.25) is 4.72 Å². The van der Waals surface area contributed by atoms with Gasteiger partial charge in [0.15, 0.2) is 0 Å². The molecule has 0 radical (unpaired) electrons. The molecule has 0 spiro atoms. The van der Waals surface area contributed by atoms with E-state index in [-0.39, 0.29) is 4.90 Å². The van der Waals surface area contributed by atoms with Gasteiger partial charge in [0.05, 0.1) is 27.2 Å². The maximum atomic E-state index is 12.2. The van der Waals surface area contributed by atoms with Crippen LogP contribution >= 0.6 is 11.6 Å². The highest BCUT2D eigenvalue weighted by Crippen LogP contribution is 2.25. The molecule has 6 heteroatoms. The SMILES string of the molecule is Cc1ccc(NS(=O)(=O)c2ccc(C#N)cc2)c(Cl)c1.